The van der Waals surface area contributed by atoms with Crippen molar-refractivity contribution in [3.05, 3.63) is 26.8 Å². The van der Waals surface area contributed by atoms with E-state index in [2.05, 4.69) is 25.9 Å². The SMILES string of the molecule is Cc1ncc(Br)[nH]c1=O. The molecule has 48 valence electrons. The molecule has 0 aliphatic rings. The van der Waals surface area contributed by atoms with Crippen molar-refractivity contribution >= 4 is 15.9 Å². The van der Waals surface area contributed by atoms with E-state index in [-0.39, 0.29) is 5.56 Å². The summed E-state index contributed by atoms with van der Waals surface area (Å²) in [5, 5.41) is 0. The Morgan fingerprint density at radius 2 is 2.44 bits per heavy atom. The molecule has 9 heavy (non-hydrogen) atoms. The summed E-state index contributed by atoms with van der Waals surface area (Å²) in [6.07, 6.45) is 1.55. The minimum atomic E-state index is -0.149. The van der Waals surface area contributed by atoms with E-state index in [1.54, 1.807) is 13.1 Å². The fourth-order valence-corrected chi connectivity index (χ4v) is 0.726. The minimum absolute atomic E-state index is 0.149. The molecule has 0 radical (unpaired) electrons. The lowest BCUT2D eigenvalue weighted by atomic mass is 10.5. The summed E-state index contributed by atoms with van der Waals surface area (Å²) in [6, 6.07) is 0. The second-order valence-corrected chi connectivity index (χ2v) is 2.50. The van der Waals surface area contributed by atoms with Gasteiger partial charge in [-0.15, -0.1) is 0 Å². The smallest absolute Gasteiger partial charge is 0.270 e. The molecule has 0 atom stereocenters. The highest BCUT2D eigenvalue weighted by molar-refractivity contribution is 9.10. The summed E-state index contributed by atoms with van der Waals surface area (Å²) in [7, 11) is 0. The molecule has 0 aliphatic carbocycles. The predicted molar refractivity (Wildman–Crippen MR) is 37.3 cm³/mol. The second kappa shape index (κ2) is 2.31. The number of nitrogens with one attached hydrogen (secondary N) is 1. The van der Waals surface area contributed by atoms with Crippen LogP contribution in [0.25, 0.3) is 0 Å². The van der Waals surface area contributed by atoms with Crippen molar-refractivity contribution in [2.24, 2.45) is 0 Å². The van der Waals surface area contributed by atoms with Gasteiger partial charge in [-0.2, -0.15) is 0 Å². The number of hydrogen-bond donors (Lipinski definition) is 1. The molecule has 1 N–H and O–H groups in total. The third kappa shape index (κ3) is 1.38. The van der Waals surface area contributed by atoms with Crippen LogP contribution in [0.15, 0.2) is 15.6 Å². The second-order valence-electron chi connectivity index (χ2n) is 1.65. The zero-order valence-electron chi connectivity index (χ0n) is 4.81. The average molecular weight is 189 g/mol. The van der Waals surface area contributed by atoms with Gasteiger partial charge in [-0.1, -0.05) is 0 Å². The standard InChI is InChI=1S/C5H5BrN2O/c1-3-5(9)8-4(6)2-7-3/h2H,1H3,(H,8,9). The first-order chi connectivity index (χ1) is 4.20. The van der Waals surface area contributed by atoms with Gasteiger partial charge in [0.15, 0.2) is 0 Å². The van der Waals surface area contributed by atoms with E-state index >= 15 is 0 Å². The highest BCUT2D eigenvalue weighted by Crippen LogP contribution is 1.97. The number of aromatic amines is 1. The quantitative estimate of drug-likeness (QED) is 0.657. The molecule has 1 aromatic heterocycles. The molecule has 0 spiro atoms. The lowest BCUT2D eigenvalue weighted by molar-refractivity contribution is 1.04. The number of aryl methyl sites for hydroxylation is 1. The molecule has 3 nitrogen and oxygen atoms in total. The number of rotatable bonds is 0. The van der Waals surface area contributed by atoms with E-state index in [4.69, 9.17) is 0 Å². The molecule has 0 saturated heterocycles. The van der Waals surface area contributed by atoms with Gasteiger partial charge in [-0.25, -0.2) is 0 Å². The van der Waals surface area contributed by atoms with Gasteiger partial charge in [-0.3, -0.25) is 9.78 Å². The first kappa shape index (κ1) is 6.48. The maximum absolute atomic E-state index is 10.7. The zero-order chi connectivity index (χ0) is 6.85. The van der Waals surface area contributed by atoms with Crippen LogP contribution in [0.5, 0.6) is 0 Å². The zero-order valence-corrected chi connectivity index (χ0v) is 6.40. The van der Waals surface area contributed by atoms with Gasteiger partial charge in [0.1, 0.15) is 10.3 Å². The topological polar surface area (TPSA) is 45.8 Å². The molecular weight excluding hydrogens is 184 g/mol. The van der Waals surface area contributed by atoms with Gasteiger partial charge in [0.05, 0.1) is 6.20 Å². The average Bonchev–Trinajstić information content (AvgIpc) is 1.80. The summed E-state index contributed by atoms with van der Waals surface area (Å²) in [6.45, 7) is 1.66. The van der Waals surface area contributed by atoms with Gasteiger partial charge >= 0.3 is 0 Å². The lowest BCUT2D eigenvalue weighted by Crippen LogP contribution is -2.10. The van der Waals surface area contributed by atoms with E-state index in [1.165, 1.54) is 0 Å². The number of aromatic nitrogens is 2. The van der Waals surface area contributed by atoms with Gasteiger partial charge in [0.2, 0.25) is 0 Å². The van der Waals surface area contributed by atoms with E-state index < -0.39 is 0 Å². The van der Waals surface area contributed by atoms with Crippen molar-refractivity contribution in [3.63, 3.8) is 0 Å². The van der Waals surface area contributed by atoms with Crippen LogP contribution in [0.2, 0.25) is 0 Å². The Kier molecular flexibility index (Phi) is 1.66. The largest absolute Gasteiger partial charge is 0.314 e. The third-order valence-electron chi connectivity index (χ3n) is 0.933. The molecule has 4 heteroatoms. The molecule has 0 saturated carbocycles. The molecule has 0 bridgehead atoms. The van der Waals surface area contributed by atoms with Crippen LogP contribution in [0.4, 0.5) is 0 Å². The Balaban J connectivity index is 3.34. The van der Waals surface area contributed by atoms with Crippen LogP contribution in [0.3, 0.4) is 0 Å². The van der Waals surface area contributed by atoms with Crippen molar-refractivity contribution in [1.29, 1.82) is 0 Å². The molecule has 1 heterocycles. The summed E-state index contributed by atoms with van der Waals surface area (Å²) >= 11 is 3.08. The minimum Gasteiger partial charge on any atom is -0.314 e. The highest BCUT2D eigenvalue weighted by atomic mass is 79.9. The van der Waals surface area contributed by atoms with Crippen molar-refractivity contribution in [2.75, 3.05) is 0 Å². The summed E-state index contributed by atoms with van der Waals surface area (Å²) in [5.41, 5.74) is 0.336. The molecular formula is C5H5BrN2O. The predicted octanol–water partition coefficient (Wildman–Crippen LogP) is 0.841. The Bertz CT molecular complexity index is 268. The molecule has 1 aromatic rings. The Hall–Kier alpha value is -0.640. The number of hydrogen-bond acceptors (Lipinski definition) is 2. The first-order valence-electron chi connectivity index (χ1n) is 2.41. The van der Waals surface area contributed by atoms with Crippen molar-refractivity contribution in [1.82, 2.24) is 9.97 Å². The first-order valence-corrected chi connectivity index (χ1v) is 3.21. The summed E-state index contributed by atoms with van der Waals surface area (Å²) in [5.74, 6) is 0. The lowest BCUT2D eigenvalue weighted by Gasteiger charge is -1.88. The fourth-order valence-electron chi connectivity index (χ4n) is 0.443. The summed E-state index contributed by atoms with van der Waals surface area (Å²) in [4.78, 5) is 17.0. The molecule has 0 unspecified atom stereocenters. The Morgan fingerprint density at radius 1 is 1.78 bits per heavy atom. The van der Waals surface area contributed by atoms with E-state index in [0.29, 0.717) is 10.3 Å². The van der Waals surface area contributed by atoms with Crippen molar-refractivity contribution < 1.29 is 0 Å². The van der Waals surface area contributed by atoms with Gasteiger partial charge in [-0.05, 0) is 22.9 Å². The van der Waals surface area contributed by atoms with Crippen LogP contribution < -0.4 is 5.56 Å². The Morgan fingerprint density at radius 3 is 2.89 bits per heavy atom. The van der Waals surface area contributed by atoms with Gasteiger partial charge in [0.25, 0.3) is 5.56 Å². The number of halogens is 1. The van der Waals surface area contributed by atoms with E-state index in [9.17, 15) is 4.79 Å². The van der Waals surface area contributed by atoms with E-state index in [0.717, 1.165) is 0 Å². The van der Waals surface area contributed by atoms with Crippen molar-refractivity contribution in [2.45, 2.75) is 6.92 Å². The van der Waals surface area contributed by atoms with Gasteiger partial charge < -0.3 is 4.98 Å². The van der Waals surface area contributed by atoms with Crippen molar-refractivity contribution in [3.8, 4) is 0 Å². The van der Waals surface area contributed by atoms with E-state index in [1.807, 2.05) is 0 Å². The van der Waals surface area contributed by atoms with Gasteiger partial charge in [0, 0.05) is 0 Å². The normalized spacial score (nSPS) is 9.56. The summed E-state index contributed by atoms with van der Waals surface area (Å²) < 4.78 is 0.609. The molecule has 0 fully saturated rings. The maximum atomic E-state index is 10.7. The molecule has 0 amide bonds. The van der Waals surface area contributed by atoms with Crippen LogP contribution in [0, 0.1) is 6.92 Å². The number of nitrogens with zero attached hydrogens (tertiary/aromatic N) is 1. The maximum Gasteiger partial charge on any atom is 0.270 e. The molecule has 0 aromatic carbocycles. The molecule has 0 aliphatic heterocycles. The third-order valence-corrected chi connectivity index (χ3v) is 1.34. The van der Waals surface area contributed by atoms with Crippen LogP contribution in [-0.2, 0) is 0 Å². The highest BCUT2D eigenvalue weighted by Gasteiger charge is 1.91. The number of H-pyrrole nitrogens is 1. The van der Waals surface area contributed by atoms with Crippen LogP contribution in [0.1, 0.15) is 5.69 Å². The molecule has 1 rings (SSSR count). The van der Waals surface area contributed by atoms with Crippen LogP contribution >= 0.6 is 15.9 Å². The monoisotopic (exact) mass is 188 g/mol. The van der Waals surface area contributed by atoms with Crippen LogP contribution in [-0.4, -0.2) is 9.97 Å². The Labute approximate surface area is 60.3 Å². The fraction of sp³-hybridized carbons (Fsp3) is 0.200.